The van der Waals surface area contributed by atoms with E-state index in [2.05, 4.69) is 55.2 Å². The van der Waals surface area contributed by atoms with Crippen molar-refractivity contribution in [3.8, 4) is 11.1 Å². The molecule has 0 bridgehead atoms. The van der Waals surface area contributed by atoms with Gasteiger partial charge in [-0.05, 0) is 59.2 Å². The standard InChI is InChI=1S/C16H18O.C10H11FN2O/c1-12(2)15-8-3-4-9-16(15)14-7-5-6-13(10-14)11-17;11-8-3-4-9(12-7-8)10(14)13-5-1-2-6-13/h3-10,12,17H,11H2,1-2H3;3-4,7H,1-2,5-6H2. The Kier molecular flexibility index (Phi) is 7.90. The van der Waals surface area contributed by atoms with Gasteiger partial charge in [0.05, 0.1) is 12.8 Å². The Morgan fingerprint density at radius 3 is 2.45 bits per heavy atom. The fraction of sp³-hybridized carbons (Fsp3) is 0.308. The highest BCUT2D eigenvalue weighted by molar-refractivity contribution is 5.92. The molecule has 4 nitrogen and oxygen atoms in total. The van der Waals surface area contributed by atoms with E-state index in [4.69, 9.17) is 0 Å². The van der Waals surface area contributed by atoms with Crippen LogP contribution in [-0.2, 0) is 6.61 Å². The molecule has 0 atom stereocenters. The molecule has 0 unspecified atom stereocenters. The number of rotatable bonds is 4. The van der Waals surface area contributed by atoms with Gasteiger partial charge in [0.2, 0.25) is 0 Å². The Morgan fingerprint density at radius 2 is 1.81 bits per heavy atom. The lowest BCUT2D eigenvalue weighted by Crippen LogP contribution is -2.28. The summed E-state index contributed by atoms with van der Waals surface area (Å²) in [5, 5.41) is 9.19. The molecule has 1 aliphatic rings. The molecule has 3 aromatic rings. The quantitative estimate of drug-likeness (QED) is 0.613. The highest BCUT2D eigenvalue weighted by Crippen LogP contribution is 2.29. The minimum absolute atomic E-state index is 0.0949. The number of carbonyl (C=O) groups is 1. The van der Waals surface area contributed by atoms with Crippen molar-refractivity contribution < 1.29 is 14.3 Å². The van der Waals surface area contributed by atoms with Crippen LogP contribution in [0, 0.1) is 5.82 Å². The molecule has 1 saturated heterocycles. The number of aromatic nitrogens is 1. The largest absolute Gasteiger partial charge is 0.392 e. The van der Waals surface area contributed by atoms with Crippen molar-refractivity contribution in [2.75, 3.05) is 13.1 Å². The topological polar surface area (TPSA) is 53.4 Å². The molecule has 0 saturated carbocycles. The van der Waals surface area contributed by atoms with Crippen molar-refractivity contribution in [2.24, 2.45) is 0 Å². The van der Waals surface area contributed by atoms with Gasteiger partial charge in [-0.3, -0.25) is 4.79 Å². The molecule has 31 heavy (non-hydrogen) atoms. The minimum Gasteiger partial charge on any atom is -0.392 e. The third kappa shape index (κ3) is 5.98. The summed E-state index contributed by atoms with van der Waals surface area (Å²) in [7, 11) is 0. The molecule has 1 aromatic heterocycles. The highest BCUT2D eigenvalue weighted by Gasteiger charge is 2.20. The molecule has 1 fully saturated rings. The van der Waals surface area contributed by atoms with E-state index in [1.165, 1.54) is 28.8 Å². The zero-order valence-corrected chi connectivity index (χ0v) is 18.1. The number of aliphatic hydroxyl groups is 1. The number of likely N-dealkylation sites (tertiary alicyclic amines) is 1. The van der Waals surface area contributed by atoms with E-state index in [1.54, 1.807) is 4.90 Å². The number of carbonyl (C=O) groups excluding carboxylic acids is 1. The van der Waals surface area contributed by atoms with Crippen LogP contribution in [-0.4, -0.2) is 34.0 Å². The van der Waals surface area contributed by atoms with Crippen LogP contribution in [0.4, 0.5) is 4.39 Å². The molecule has 0 spiro atoms. The van der Waals surface area contributed by atoms with Crippen molar-refractivity contribution in [3.05, 3.63) is 89.5 Å². The van der Waals surface area contributed by atoms with E-state index < -0.39 is 5.82 Å². The van der Waals surface area contributed by atoms with Gasteiger partial charge in [0.15, 0.2) is 0 Å². The third-order valence-electron chi connectivity index (χ3n) is 5.34. The van der Waals surface area contributed by atoms with Crippen molar-refractivity contribution in [3.63, 3.8) is 0 Å². The Hall–Kier alpha value is -3.05. The Balaban J connectivity index is 0.000000179. The van der Waals surface area contributed by atoms with Crippen molar-refractivity contribution in [2.45, 2.75) is 39.2 Å². The number of benzene rings is 2. The first kappa shape index (κ1) is 22.6. The summed E-state index contributed by atoms with van der Waals surface area (Å²) < 4.78 is 12.5. The Labute approximate surface area is 183 Å². The molecule has 2 aromatic carbocycles. The smallest absolute Gasteiger partial charge is 0.272 e. The Morgan fingerprint density at radius 1 is 1.06 bits per heavy atom. The molecule has 4 rings (SSSR count). The molecular formula is C26H29FN2O2. The van der Waals surface area contributed by atoms with Crippen LogP contribution in [0.25, 0.3) is 11.1 Å². The normalized spacial score (nSPS) is 13.1. The maximum atomic E-state index is 12.5. The molecular weight excluding hydrogens is 391 g/mol. The van der Waals surface area contributed by atoms with Gasteiger partial charge in [-0.15, -0.1) is 0 Å². The van der Waals surface area contributed by atoms with Gasteiger partial charge in [0.25, 0.3) is 5.91 Å². The molecule has 1 amide bonds. The van der Waals surface area contributed by atoms with Crippen LogP contribution in [0.2, 0.25) is 0 Å². The van der Waals surface area contributed by atoms with Crippen LogP contribution in [0.1, 0.15) is 54.2 Å². The summed E-state index contributed by atoms with van der Waals surface area (Å²) in [6.45, 7) is 6.08. The molecule has 0 radical (unpaired) electrons. The van der Waals surface area contributed by atoms with E-state index in [9.17, 15) is 14.3 Å². The van der Waals surface area contributed by atoms with Gasteiger partial charge < -0.3 is 10.0 Å². The van der Waals surface area contributed by atoms with Crippen LogP contribution < -0.4 is 0 Å². The lowest BCUT2D eigenvalue weighted by atomic mass is 9.92. The van der Waals surface area contributed by atoms with E-state index in [0.717, 1.165) is 37.7 Å². The van der Waals surface area contributed by atoms with Crippen molar-refractivity contribution >= 4 is 5.91 Å². The molecule has 1 N–H and O–H groups in total. The van der Waals surface area contributed by atoms with Crippen LogP contribution in [0.5, 0.6) is 0 Å². The average molecular weight is 421 g/mol. The fourth-order valence-corrected chi connectivity index (χ4v) is 3.69. The molecule has 5 heteroatoms. The van der Waals surface area contributed by atoms with Gasteiger partial charge in [-0.2, -0.15) is 0 Å². The number of nitrogens with zero attached hydrogens (tertiary/aromatic N) is 2. The minimum atomic E-state index is -0.414. The molecule has 1 aliphatic heterocycles. The van der Waals surface area contributed by atoms with E-state index in [0.29, 0.717) is 11.6 Å². The second-order valence-electron chi connectivity index (χ2n) is 7.96. The summed E-state index contributed by atoms with van der Waals surface area (Å²) in [6.07, 6.45) is 3.17. The number of hydrogen-bond acceptors (Lipinski definition) is 3. The van der Waals surface area contributed by atoms with Crippen molar-refractivity contribution in [1.82, 2.24) is 9.88 Å². The predicted molar refractivity (Wildman–Crippen MR) is 121 cm³/mol. The first-order chi connectivity index (χ1) is 15.0. The number of pyridine rings is 1. The second-order valence-corrected chi connectivity index (χ2v) is 7.96. The average Bonchev–Trinajstić information content (AvgIpc) is 3.34. The number of amides is 1. The maximum Gasteiger partial charge on any atom is 0.272 e. The SMILES string of the molecule is CC(C)c1ccccc1-c1cccc(CO)c1.O=C(c1ccc(F)cn1)N1CCCC1. The van der Waals surface area contributed by atoms with Crippen LogP contribution in [0.3, 0.4) is 0 Å². The first-order valence-electron chi connectivity index (χ1n) is 10.7. The van der Waals surface area contributed by atoms with Crippen molar-refractivity contribution in [1.29, 1.82) is 0 Å². The van der Waals surface area contributed by atoms with E-state index in [-0.39, 0.29) is 12.5 Å². The van der Waals surface area contributed by atoms with Crippen LogP contribution >= 0.6 is 0 Å². The van der Waals surface area contributed by atoms with E-state index in [1.807, 2.05) is 12.1 Å². The summed E-state index contributed by atoms with van der Waals surface area (Å²) in [4.78, 5) is 17.2. The molecule has 0 aliphatic carbocycles. The van der Waals surface area contributed by atoms with Gasteiger partial charge in [-0.1, -0.05) is 56.3 Å². The summed E-state index contributed by atoms with van der Waals surface area (Å²) in [5.74, 6) is -0.00513. The maximum absolute atomic E-state index is 12.5. The highest BCUT2D eigenvalue weighted by atomic mass is 19.1. The Bertz CT molecular complexity index is 996. The second kappa shape index (κ2) is 10.8. The zero-order chi connectivity index (χ0) is 22.2. The zero-order valence-electron chi connectivity index (χ0n) is 18.1. The lowest BCUT2D eigenvalue weighted by Gasteiger charge is -2.13. The molecule has 162 valence electrons. The first-order valence-corrected chi connectivity index (χ1v) is 10.7. The molecule has 2 heterocycles. The predicted octanol–water partition coefficient (Wildman–Crippen LogP) is 5.43. The number of hydrogen-bond donors (Lipinski definition) is 1. The third-order valence-corrected chi connectivity index (χ3v) is 5.34. The summed E-state index contributed by atoms with van der Waals surface area (Å²) >= 11 is 0. The van der Waals surface area contributed by atoms with Gasteiger partial charge in [-0.25, -0.2) is 9.37 Å². The summed E-state index contributed by atoms with van der Waals surface area (Å²) in [5.41, 5.74) is 5.08. The van der Waals surface area contributed by atoms with Gasteiger partial charge in [0.1, 0.15) is 11.5 Å². The number of halogens is 1. The fourth-order valence-electron chi connectivity index (χ4n) is 3.69. The van der Waals surface area contributed by atoms with Gasteiger partial charge in [0, 0.05) is 13.1 Å². The van der Waals surface area contributed by atoms with E-state index >= 15 is 0 Å². The van der Waals surface area contributed by atoms with Crippen LogP contribution in [0.15, 0.2) is 66.9 Å². The number of aliphatic hydroxyl groups excluding tert-OH is 1. The summed E-state index contributed by atoms with van der Waals surface area (Å²) in [6, 6.07) is 19.2. The lowest BCUT2D eigenvalue weighted by molar-refractivity contribution is 0.0787. The van der Waals surface area contributed by atoms with Gasteiger partial charge >= 0.3 is 0 Å². The monoisotopic (exact) mass is 420 g/mol.